The van der Waals surface area contributed by atoms with E-state index in [4.69, 9.17) is 4.74 Å². The first-order valence-corrected chi connectivity index (χ1v) is 13.7. The fourth-order valence-electron chi connectivity index (χ4n) is 4.12. The predicted molar refractivity (Wildman–Crippen MR) is 135 cm³/mol. The van der Waals surface area contributed by atoms with E-state index in [1.807, 2.05) is 50.4 Å². The summed E-state index contributed by atoms with van der Waals surface area (Å²) in [6.45, 7) is 6.75. The third-order valence-electron chi connectivity index (χ3n) is 5.88. The number of amides is 1. The van der Waals surface area contributed by atoms with E-state index in [1.54, 1.807) is 29.5 Å². The lowest BCUT2D eigenvalue weighted by Gasteiger charge is -2.31. The summed E-state index contributed by atoms with van der Waals surface area (Å²) in [5.74, 6) is 0.0827. The van der Waals surface area contributed by atoms with Crippen molar-refractivity contribution in [3.05, 3.63) is 58.4 Å². The minimum Gasteiger partial charge on any atom is -0.494 e. The summed E-state index contributed by atoms with van der Waals surface area (Å²) >= 11 is 1.58. The highest BCUT2D eigenvalue weighted by Gasteiger charge is 2.33. The molecule has 1 atom stereocenters. The molecule has 7 nitrogen and oxygen atoms in total. The number of aryl methyl sites for hydroxylation is 2. The Hall–Kier alpha value is -2.75. The molecular weight excluding hydrogens is 470 g/mol. The maximum Gasteiger partial charge on any atom is 0.243 e. The van der Waals surface area contributed by atoms with Gasteiger partial charge in [-0.1, -0.05) is 12.1 Å². The second kappa shape index (κ2) is 10.2. The summed E-state index contributed by atoms with van der Waals surface area (Å²) in [7, 11) is -3.71. The number of ether oxygens (including phenoxy) is 1. The van der Waals surface area contributed by atoms with Gasteiger partial charge in [0, 0.05) is 29.7 Å². The molecule has 0 spiro atoms. The van der Waals surface area contributed by atoms with E-state index in [0.717, 1.165) is 21.8 Å². The van der Waals surface area contributed by atoms with Gasteiger partial charge in [0.15, 0.2) is 0 Å². The number of nitrogens with one attached hydrogen (secondary N) is 1. The minimum absolute atomic E-state index is 0.158. The zero-order valence-corrected chi connectivity index (χ0v) is 21.2. The van der Waals surface area contributed by atoms with Crippen LogP contribution >= 0.6 is 11.3 Å². The lowest BCUT2D eigenvalue weighted by Crippen LogP contribution is -2.43. The molecule has 1 N–H and O–H groups in total. The number of hydrogen-bond acceptors (Lipinski definition) is 6. The molecule has 34 heavy (non-hydrogen) atoms. The van der Waals surface area contributed by atoms with Crippen LogP contribution in [0.15, 0.2) is 52.7 Å². The van der Waals surface area contributed by atoms with Gasteiger partial charge in [-0.2, -0.15) is 4.31 Å². The molecule has 0 bridgehead atoms. The topological polar surface area (TPSA) is 88.6 Å². The van der Waals surface area contributed by atoms with Crippen LogP contribution < -0.4 is 10.1 Å². The van der Waals surface area contributed by atoms with Crippen LogP contribution in [0.1, 0.15) is 30.3 Å². The number of hydrogen-bond donors (Lipinski definition) is 1. The normalized spacial score (nSPS) is 16.9. The molecule has 1 aliphatic rings. The summed E-state index contributed by atoms with van der Waals surface area (Å²) in [6, 6.07) is 12.5. The van der Waals surface area contributed by atoms with Gasteiger partial charge in [-0.3, -0.25) is 4.79 Å². The van der Waals surface area contributed by atoms with Crippen LogP contribution in [0, 0.1) is 19.8 Å². The van der Waals surface area contributed by atoms with Crippen LogP contribution in [0.25, 0.3) is 11.3 Å². The van der Waals surface area contributed by atoms with Crippen molar-refractivity contribution in [1.29, 1.82) is 0 Å². The first kappa shape index (κ1) is 24.4. The Morgan fingerprint density at radius 3 is 2.76 bits per heavy atom. The Kier molecular flexibility index (Phi) is 7.35. The van der Waals surface area contributed by atoms with Crippen LogP contribution in [-0.4, -0.2) is 43.3 Å². The van der Waals surface area contributed by atoms with Crippen LogP contribution in [-0.2, 0) is 14.8 Å². The first-order valence-electron chi connectivity index (χ1n) is 11.3. The molecule has 2 aromatic carbocycles. The molecule has 180 valence electrons. The molecule has 1 aliphatic heterocycles. The standard InChI is InChI=1S/C25H29N3O4S2/c1-4-32-24-11-10-22(13-17(24)2)34(30,31)28-12-6-8-20(15-28)25(29)27-21-9-5-7-19(14-21)23-16-33-18(3)26-23/h5,7,9-11,13-14,16,20H,4,6,8,12,15H2,1-3H3,(H,27,29)/t20-/m0/s1. The Balaban J connectivity index is 1.46. The van der Waals surface area contributed by atoms with Crippen molar-refractivity contribution in [3.63, 3.8) is 0 Å². The van der Waals surface area contributed by atoms with Gasteiger partial charge in [0.05, 0.1) is 28.1 Å². The van der Waals surface area contributed by atoms with E-state index in [2.05, 4.69) is 10.3 Å². The van der Waals surface area contributed by atoms with Gasteiger partial charge in [0.1, 0.15) is 5.75 Å². The second-order valence-corrected chi connectivity index (χ2v) is 11.4. The zero-order valence-electron chi connectivity index (χ0n) is 19.6. The van der Waals surface area contributed by atoms with Gasteiger partial charge in [-0.25, -0.2) is 13.4 Å². The van der Waals surface area contributed by atoms with Crippen molar-refractivity contribution in [2.75, 3.05) is 25.0 Å². The predicted octanol–water partition coefficient (Wildman–Crippen LogP) is 4.87. The van der Waals surface area contributed by atoms with E-state index < -0.39 is 15.9 Å². The molecule has 0 aliphatic carbocycles. The molecule has 0 saturated carbocycles. The highest BCUT2D eigenvalue weighted by atomic mass is 32.2. The first-order chi connectivity index (χ1) is 16.3. The van der Waals surface area contributed by atoms with Crippen LogP contribution in [0.3, 0.4) is 0 Å². The number of carbonyl (C=O) groups is 1. The molecule has 9 heteroatoms. The van der Waals surface area contributed by atoms with Crippen molar-refractivity contribution < 1.29 is 17.9 Å². The zero-order chi connectivity index (χ0) is 24.3. The largest absolute Gasteiger partial charge is 0.494 e. The monoisotopic (exact) mass is 499 g/mol. The van der Waals surface area contributed by atoms with Gasteiger partial charge >= 0.3 is 0 Å². The van der Waals surface area contributed by atoms with Gasteiger partial charge in [0.25, 0.3) is 0 Å². The Morgan fingerprint density at radius 1 is 1.24 bits per heavy atom. The molecule has 1 aromatic heterocycles. The van der Waals surface area contributed by atoms with Crippen LogP contribution in [0.2, 0.25) is 0 Å². The molecule has 3 aromatic rings. The fourth-order valence-corrected chi connectivity index (χ4v) is 6.35. The molecule has 0 radical (unpaired) electrons. The number of aromatic nitrogens is 1. The third-order valence-corrected chi connectivity index (χ3v) is 8.52. The molecule has 2 heterocycles. The van der Waals surface area contributed by atoms with E-state index in [0.29, 0.717) is 37.4 Å². The maximum absolute atomic E-state index is 13.3. The number of benzene rings is 2. The quantitative estimate of drug-likeness (QED) is 0.501. The van der Waals surface area contributed by atoms with E-state index in [1.165, 1.54) is 4.31 Å². The summed E-state index contributed by atoms with van der Waals surface area (Å²) < 4.78 is 33.5. The Morgan fingerprint density at radius 2 is 2.06 bits per heavy atom. The van der Waals surface area contributed by atoms with Gasteiger partial charge in [0.2, 0.25) is 15.9 Å². The molecule has 1 saturated heterocycles. The van der Waals surface area contributed by atoms with Crippen molar-refractivity contribution in [1.82, 2.24) is 9.29 Å². The average Bonchev–Trinajstić information content (AvgIpc) is 3.27. The van der Waals surface area contributed by atoms with Crippen molar-refractivity contribution in [2.24, 2.45) is 5.92 Å². The number of sulfonamides is 1. The number of rotatable bonds is 7. The van der Waals surface area contributed by atoms with Gasteiger partial charge in [-0.05, 0) is 69.5 Å². The van der Waals surface area contributed by atoms with Crippen molar-refractivity contribution in [2.45, 2.75) is 38.5 Å². The molecule has 4 rings (SSSR count). The minimum atomic E-state index is -3.71. The smallest absolute Gasteiger partial charge is 0.243 e. The number of nitrogens with zero attached hydrogens (tertiary/aromatic N) is 2. The number of carbonyl (C=O) groups excluding carboxylic acids is 1. The van der Waals surface area contributed by atoms with E-state index >= 15 is 0 Å². The lowest BCUT2D eigenvalue weighted by atomic mass is 9.98. The molecule has 0 unspecified atom stereocenters. The summed E-state index contributed by atoms with van der Waals surface area (Å²) in [4.78, 5) is 17.8. The van der Waals surface area contributed by atoms with Crippen LogP contribution in [0.4, 0.5) is 5.69 Å². The third kappa shape index (κ3) is 5.32. The lowest BCUT2D eigenvalue weighted by molar-refractivity contribution is -0.120. The summed E-state index contributed by atoms with van der Waals surface area (Å²) in [5, 5.41) is 5.94. The van der Waals surface area contributed by atoms with E-state index in [-0.39, 0.29) is 17.3 Å². The Labute approximate surface area is 204 Å². The highest BCUT2D eigenvalue weighted by molar-refractivity contribution is 7.89. The summed E-state index contributed by atoms with van der Waals surface area (Å²) in [6.07, 6.45) is 1.27. The van der Waals surface area contributed by atoms with Gasteiger partial charge in [-0.15, -0.1) is 11.3 Å². The van der Waals surface area contributed by atoms with E-state index in [9.17, 15) is 13.2 Å². The fraction of sp³-hybridized carbons (Fsp3) is 0.360. The molecule has 1 amide bonds. The van der Waals surface area contributed by atoms with Gasteiger partial charge < -0.3 is 10.1 Å². The number of piperidine rings is 1. The number of thiazole rings is 1. The summed E-state index contributed by atoms with van der Waals surface area (Å²) in [5.41, 5.74) is 3.25. The maximum atomic E-state index is 13.3. The molecule has 1 fully saturated rings. The van der Waals surface area contributed by atoms with Crippen molar-refractivity contribution in [3.8, 4) is 17.0 Å². The number of anilines is 1. The average molecular weight is 500 g/mol. The van der Waals surface area contributed by atoms with Crippen molar-refractivity contribution >= 4 is 33.0 Å². The second-order valence-electron chi connectivity index (χ2n) is 8.38. The Bertz CT molecular complexity index is 1290. The molecular formula is C25H29N3O4S2. The van der Waals surface area contributed by atoms with Crippen LogP contribution in [0.5, 0.6) is 5.75 Å². The highest BCUT2D eigenvalue weighted by Crippen LogP contribution is 2.29. The SMILES string of the molecule is CCOc1ccc(S(=O)(=O)N2CCC[C@H](C(=O)Nc3cccc(-c4csc(C)n4)c3)C2)cc1C.